The lowest BCUT2D eigenvalue weighted by Crippen LogP contribution is -2.55. The van der Waals surface area contributed by atoms with Crippen LogP contribution in [0.1, 0.15) is 29.6 Å². The molecule has 0 N–H and O–H groups in total. The third-order valence-electron chi connectivity index (χ3n) is 4.46. The van der Waals surface area contributed by atoms with Crippen molar-refractivity contribution in [3.63, 3.8) is 0 Å². The average molecular weight is 276 g/mol. The van der Waals surface area contributed by atoms with E-state index in [-0.39, 0.29) is 11.3 Å². The zero-order valence-electron chi connectivity index (χ0n) is 11.7. The summed E-state index contributed by atoms with van der Waals surface area (Å²) < 4.78 is 13.6. The predicted molar refractivity (Wildman–Crippen MR) is 76.4 cm³/mol. The molecule has 3 rings (SSSR count). The fraction of sp³-hybridized carbons (Fsp3) is 0.562. The van der Waals surface area contributed by atoms with Gasteiger partial charge in [-0.3, -0.25) is 14.6 Å². The number of hydrogen-bond acceptors (Lipinski definition) is 3. The molecule has 1 atom stereocenters. The summed E-state index contributed by atoms with van der Waals surface area (Å²) in [4.78, 5) is 16.9. The number of halogens is 1. The predicted octanol–water partition coefficient (Wildman–Crippen LogP) is 2.18. The normalized spacial score (nSPS) is 24.4. The van der Waals surface area contributed by atoms with Gasteiger partial charge in [-0.25, -0.2) is 4.39 Å². The Morgan fingerprint density at radius 3 is 2.90 bits per heavy atom. The topological polar surface area (TPSA) is 23.6 Å². The molecule has 0 amide bonds. The molecule has 0 aliphatic carbocycles. The molecule has 1 unspecified atom stereocenters. The van der Waals surface area contributed by atoms with E-state index in [4.69, 9.17) is 0 Å². The van der Waals surface area contributed by atoms with Crippen LogP contribution in [0.25, 0.3) is 0 Å². The van der Waals surface area contributed by atoms with Gasteiger partial charge in [-0.05, 0) is 31.5 Å². The first-order valence-electron chi connectivity index (χ1n) is 7.48. The zero-order valence-corrected chi connectivity index (χ0v) is 11.7. The summed E-state index contributed by atoms with van der Waals surface area (Å²) in [6.45, 7) is 4.43. The molecule has 2 aliphatic heterocycles. The second kappa shape index (κ2) is 6.02. The lowest BCUT2D eigenvalue weighted by molar-refractivity contribution is 0.0468. The number of Topliss-reactive ketones (excluding diaryl/α,β-unsaturated/α-hetero) is 1. The van der Waals surface area contributed by atoms with Crippen LogP contribution in [0.2, 0.25) is 0 Å². The maximum Gasteiger partial charge on any atom is 0.179 e. The molecule has 2 aliphatic rings. The quantitative estimate of drug-likeness (QED) is 0.791. The van der Waals surface area contributed by atoms with Crippen molar-refractivity contribution < 1.29 is 9.18 Å². The van der Waals surface area contributed by atoms with Crippen LogP contribution in [0.5, 0.6) is 0 Å². The van der Waals surface area contributed by atoms with Gasteiger partial charge < -0.3 is 0 Å². The summed E-state index contributed by atoms with van der Waals surface area (Å²) in [6, 6.07) is 6.86. The van der Waals surface area contributed by atoms with Crippen LogP contribution in [0.4, 0.5) is 4.39 Å². The van der Waals surface area contributed by atoms with E-state index in [0.717, 1.165) is 19.6 Å². The van der Waals surface area contributed by atoms with Crippen LogP contribution >= 0.6 is 0 Å². The summed E-state index contributed by atoms with van der Waals surface area (Å²) in [5.41, 5.74) is 0.221. The lowest BCUT2D eigenvalue weighted by Gasteiger charge is -2.43. The highest BCUT2D eigenvalue weighted by Gasteiger charge is 2.29. The Labute approximate surface area is 119 Å². The Hall–Kier alpha value is -1.26. The van der Waals surface area contributed by atoms with Crippen LogP contribution < -0.4 is 0 Å². The number of carbonyl (C=O) groups is 1. The molecule has 2 saturated heterocycles. The highest BCUT2D eigenvalue weighted by molar-refractivity contribution is 5.97. The third kappa shape index (κ3) is 2.91. The van der Waals surface area contributed by atoms with E-state index in [1.165, 1.54) is 31.9 Å². The number of piperazine rings is 1. The molecule has 20 heavy (non-hydrogen) atoms. The highest BCUT2D eigenvalue weighted by Crippen LogP contribution is 2.21. The van der Waals surface area contributed by atoms with Gasteiger partial charge in [-0.2, -0.15) is 0 Å². The number of rotatable bonds is 3. The summed E-state index contributed by atoms with van der Waals surface area (Å²) in [5, 5.41) is 0. The Balaban J connectivity index is 1.61. The molecule has 0 bridgehead atoms. The van der Waals surface area contributed by atoms with Crippen molar-refractivity contribution in [2.75, 3.05) is 32.7 Å². The van der Waals surface area contributed by atoms with E-state index >= 15 is 0 Å². The number of fused-ring (bicyclic) bond motifs is 1. The lowest BCUT2D eigenvalue weighted by atomic mass is 9.99. The smallest absolute Gasteiger partial charge is 0.179 e. The van der Waals surface area contributed by atoms with Crippen molar-refractivity contribution in [3.8, 4) is 0 Å². The molecule has 2 fully saturated rings. The van der Waals surface area contributed by atoms with Gasteiger partial charge >= 0.3 is 0 Å². The summed E-state index contributed by atoms with van der Waals surface area (Å²) >= 11 is 0. The first-order chi connectivity index (χ1) is 9.74. The second-order valence-corrected chi connectivity index (χ2v) is 5.82. The molecular weight excluding hydrogens is 255 g/mol. The molecule has 4 heteroatoms. The molecule has 108 valence electrons. The van der Waals surface area contributed by atoms with Crippen LogP contribution in [0, 0.1) is 5.82 Å². The van der Waals surface area contributed by atoms with Gasteiger partial charge in [-0.1, -0.05) is 18.6 Å². The minimum Gasteiger partial charge on any atom is -0.298 e. The number of benzene rings is 1. The minimum absolute atomic E-state index is 0.104. The number of piperidine rings is 1. The SMILES string of the molecule is O=C(CN1CCN2CCCCC2C1)c1ccccc1F. The van der Waals surface area contributed by atoms with Gasteiger partial charge in [-0.15, -0.1) is 0 Å². The molecule has 0 saturated carbocycles. The summed E-state index contributed by atoms with van der Waals surface area (Å²) in [5.74, 6) is -0.513. The van der Waals surface area contributed by atoms with Crippen molar-refractivity contribution in [2.45, 2.75) is 25.3 Å². The number of nitrogens with zero attached hydrogens (tertiary/aromatic N) is 2. The highest BCUT2D eigenvalue weighted by atomic mass is 19.1. The molecule has 2 heterocycles. The summed E-state index contributed by atoms with van der Waals surface area (Å²) in [6.07, 6.45) is 3.81. The van der Waals surface area contributed by atoms with Gasteiger partial charge in [0.2, 0.25) is 0 Å². The van der Waals surface area contributed by atoms with Crippen LogP contribution in [0.15, 0.2) is 24.3 Å². The van der Waals surface area contributed by atoms with Crippen LogP contribution in [0.3, 0.4) is 0 Å². The Morgan fingerprint density at radius 1 is 1.20 bits per heavy atom. The van der Waals surface area contributed by atoms with Gasteiger partial charge in [0, 0.05) is 25.7 Å². The Bertz CT molecular complexity index is 491. The average Bonchev–Trinajstić information content (AvgIpc) is 2.47. The zero-order chi connectivity index (χ0) is 13.9. The minimum atomic E-state index is -0.409. The van der Waals surface area contributed by atoms with Crippen molar-refractivity contribution in [1.29, 1.82) is 0 Å². The van der Waals surface area contributed by atoms with E-state index in [1.54, 1.807) is 18.2 Å². The van der Waals surface area contributed by atoms with E-state index in [2.05, 4.69) is 9.80 Å². The number of hydrogen-bond donors (Lipinski definition) is 0. The number of carbonyl (C=O) groups excluding carboxylic acids is 1. The van der Waals surface area contributed by atoms with Crippen LogP contribution in [-0.2, 0) is 0 Å². The third-order valence-corrected chi connectivity index (χ3v) is 4.46. The van der Waals surface area contributed by atoms with Gasteiger partial charge in [0.15, 0.2) is 5.78 Å². The largest absolute Gasteiger partial charge is 0.298 e. The molecule has 1 aromatic carbocycles. The first-order valence-corrected chi connectivity index (χ1v) is 7.48. The van der Waals surface area contributed by atoms with Gasteiger partial charge in [0.1, 0.15) is 5.82 Å². The number of ketones is 1. The maximum absolute atomic E-state index is 13.6. The van der Waals surface area contributed by atoms with Crippen LogP contribution in [-0.4, -0.2) is 54.3 Å². The Kier molecular flexibility index (Phi) is 4.13. The standard InChI is InChI=1S/C16H21FN2O/c17-15-7-2-1-6-14(15)16(20)12-18-9-10-19-8-4-3-5-13(19)11-18/h1-2,6-7,13H,3-5,8-12H2. The fourth-order valence-corrected chi connectivity index (χ4v) is 3.34. The molecule has 0 radical (unpaired) electrons. The maximum atomic E-state index is 13.6. The molecular formula is C16H21FN2O. The van der Waals surface area contributed by atoms with E-state index < -0.39 is 5.82 Å². The first kappa shape index (κ1) is 13.7. The Morgan fingerprint density at radius 2 is 2.05 bits per heavy atom. The molecule has 3 nitrogen and oxygen atoms in total. The molecule has 0 aromatic heterocycles. The second-order valence-electron chi connectivity index (χ2n) is 5.82. The van der Waals surface area contributed by atoms with Gasteiger partial charge in [0.25, 0.3) is 0 Å². The van der Waals surface area contributed by atoms with Crippen molar-refractivity contribution in [3.05, 3.63) is 35.6 Å². The van der Waals surface area contributed by atoms with E-state index in [0.29, 0.717) is 12.6 Å². The van der Waals surface area contributed by atoms with E-state index in [9.17, 15) is 9.18 Å². The van der Waals surface area contributed by atoms with Crippen molar-refractivity contribution >= 4 is 5.78 Å². The van der Waals surface area contributed by atoms with Crippen molar-refractivity contribution in [2.24, 2.45) is 0 Å². The van der Waals surface area contributed by atoms with Crippen molar-refractivity contribution in [1.82, 2.24) is 9.80 Å². The molecule has 1 aromatic rings. The van der Waals surface area contributed by atoms with E-state index in [1.807, 2.05) is 0 Å². The monoisotopic (exact) mass is 276 g/mol. The van der Waals surface area contributed by atoms with Gasteiger partial charge in [0.05, 0.1) is 12.1 Å². The molecule has 0 spiro atoms. The fourth-order valence-electron chi connectivity index (χ4n) is 3.34. The summed E-state index contributed by atoms with van der Waals surface area (Å²) in [7, 11) is 0.